The molecule has 1 aromatic heterocycles. The standard InChI is InChI=1S/C10H12F3N/c1-6(2)8-5-4-7(3)14-9(8)10(11,12)13/h4-6H,1-3H3. The van der Waals surface area contributed by atoms with Crippen molar-refractivity contribution in [2.75, 3.05) is 0 Å². The molecule has 78 valence electrons. The van der Waals surface area contributed by atoms with Crippen molar-refractivity contribution in [3.8, 4) is 0 Å². The van der Waals surface area contributed by atoms with E-state index >= 15 is 0 Å². The largest absolute Gasteiger partial charge is 0.433 e. The first-order valence-corrected chi connectivity index (χ1v) is 4.37. The van der Waals surface area contributed by atoms with Crippen LogP contribution in [0.25, 0.3) is 0 Å². The third kappa shape index (κ3) is 2.25. The normalized spacial score (nSPS) is 12.2. The fourth-order valence-corrected chi connectivity index (χ4v) is 1.26. The topological polar surface area (TPSA) is 12.9 Å². The van der Waals surface area contributed by atoms with Crippen LogP contribution >= 0.6 is 0 Å². The van der Waals surface area contributed by atoms with Crippen molar-refractivity contribution in [3.05, 3.63) is 29.1 Å². The molecular weight excluding hydrogens is 191 g/mol. The third-order valence-corrected chi connectivity index (χ3v) is 1.96. The van der Waals surface area contributed by atoms with Gasteiger partial charge in [-0.15, -0.1) is 0 Å². The van der Waals surface area contributed by atoms with E-state index in [1.54, 1.807) is 26.8 Å². The summed E-state index contributed by atoms with van der Waals surface area (Å²) in [7, 11) is 0. The van der Waals surface area contributed by atoms with Crippen molar-refractivity contribution in [3.63, 3.8) is 0 Å². The predicted molar refractivity (Wildman–Crippen MR) is 48.1 cm³/mol. The van der Waals surface area contributed by atoms with Gasteiger partial charge in [-0.3, -0.25) is 0 Å². The van der Waals surface area contributed by atoms with Crippen molar-refractivity contribution in [2.45, 2.75) is 32.9 Å². The smallest absolute Gasteiger partial charge is 0.248 e. The molecule has 0 aromatic carbocycles. The summed E-state index contributed by atoms with van der Waals surface area (Å²) in [6, 6.07) is 3.10. The monoisotopic (exact) mass is 203 g/mol. The molecule has 0 aliphatic heterocycles. The molecule has 0 saturated carbocycles. The minimum absolute atomic E-state index is 0.167. The fraction of sp³-hybridized carbons (Fsp3) is 0.500. The maximum absolute atomic E-state index is 12.5. The highest BCUT2D eigenvalue weighted by molar-refractivity contribution is 5.27. The van der Waals surface area contributed by atoms with E-state index in [0.717, 1.165) is 0 Å². The number of hydrogen-bond donors (Lipinski definition) is 0. The number of pyridine rings is 1. The lowest BCUT2D eigenvalue weighted by Gasteiger charge is -2.14. The highest BCUT2D eigenvalue weighted by atomic mass is 19.4. The van der Waals surface area contributed by atoms with E-state index in [1.165, 1.54) is 6.07 Å². The Morgan fingerprint density at radius 3 is 2.21 bits per heavy atom. The minimum atomic E-state index is -4.36. The molecule has 0 N–H and O–H groups in total. The first kappa shape index (κ1) is 11.0. The van der Waals surface area contributed by atoms with Crippen LogP contribution in [0.5, 0.6) is 0 Å². The van der Waals surface area contributed by atoms with E-state index in [4.69, 9.17) is 0 Å². The first-order valence-electron chi connectivity index (χ1n) is 4.37. The molecular formula is C10H12F3N. The Kier molecular flexibility index (Phi) is 2.83. The molecule has 0 radical (unpaired) electrons. The molecule has 1 nitrogen and oxygen atoms in total. The molecule has 0 spiro atoms. The molecule has 0 bridgehead atoms. The van der Waals surface area contributed by atoms with Crippen LogP contribution < -0.4 is 0 Å². The first-order chi connectivity index (χ1) is 6.32. The van der Waals surface area contributed by atoms with Gasteiger partial charge in [0.25, 0.3) is 0 Å². The Morgan fingerprint density at radius 1 is 1.21 bits per heavy atom. The second-order valence-electron chi connectivity index (χ2n) is 3.54. The van der Waals surface area contributed by atoms with Crippen LogP contribution in [0.2, 0.25) is 0 Å². The molecule has 1 rings (SSSR count). The van der Waals surface area contributed by atoms with E-state index < -0.39 is 11.9 Å². The maximum Gasteiger partial charge on any atom is 0.433 e. The average molecular weight is 203 g/mol. The van der Waals surface area contributed by atoms with Crippen LogP contribution in [-0.2, 0) is 6.18 Å². The quantitative estimate of drug-likeness (QED) is 0.680. The summed E-state index contributed by atoms with van der Waals surface area (Å²) >= 11 is 0. The average Bonchev–Trinajstić information content (AvgIpc) is 2.01. The second kappa shape index (κ2) is 3.59. The number of hydrogen-bond acceptors (Lipinski definition) is 1. The second-order valence-corrected chi connectivity index (χ2v) is 3.54. The van der Waals surface area contributed by atoms with Crippen LogP contribution in [0.15, 0.2) is 12.1 Å². The Labute approximate surface area is 81.0 Å². The van der Waals surface area contributed by atoms with Crippen LogP contribution in [-0.4, -0.2) is 4.98 Å². The number of nitrogens with zero attached hydrogens (tertiary/aromatic N) is 1. The van der Waals surface area contributed by atoms with Gasteiger partial charge in [-0.1, -0.05) is 19.9 Å². The highest BCUT2D eigenvalue weighted by Gasteiger charge is 2.35. The van der Waals surface area contributed by atoms with Crippen molar-refractivity contribution < 1.29 is 13.2 Å². The number of aryl methyl sites for hydroxylation is 1. The van der Waals surface area contributed by atoms with Crippen LogP contribution in [0, 0.1) is 6.92 Å². The van der Waals surface area contributed by atoms with Gasteiger partial charge in [0.2, 0.25) is 0 Å². The predicted octanol–water partition coefficient (Wildman–Crippen LogP) is 3.53. The van der Waals surface area contributed by atoms with Crippen molar-refractivity contribution in [1.29, 1.82) is 0 Å². The van der Waals surface area contributed by atoms with Gasteiger partial charge < -0.3 is 0 Å². The van der Waals surface area contributed by atoms with Gasteiger partial charge in [-0.2, -0.15) is 13.2 Å². The maximum atomic E-state index is 12.5. The lowest BCUT2D eigenvalue weighted by atomic mass is 10.0. The zero-order chi connectivity index (χ0) is 10.9. The van der Waals surface area contributed by atoms with Gasteiger partial charge in [-0.05, 0) is 24.5 Å². The molecule has 0 aliphatic carbocycles. The van der Waals surface area contributed by atoms with Gasteiger partial charge in [0, 0.05) is 5.69 Å². The lowest BCUT2D eigenvalue weighted by molar-refractivity contribution is -0.142. The van der Waals surface area contributed by atoms with E-state index in [9.17, 15) is 13.2 Å². The third-order valence-electron chi connectivity index (χ3n) is 1.96. The van der Waals surface area contributed by atoms with E-state index in [2.05, 4.69) is 4.98 Å². The number of alkyl halides is 3. The summed E-state index contributed by atoms with van der Waals surface area (Å²) < 4.78 is 37.6. The molecule has 4 heteroatoms. The van der Waals surface area contributed by atoms with Crippen LogP contribution in [0.1, 0.15) is 36.7 Å². The van der Waals surface area contributed by atoms with Crippen LogP contribution in [0.4, 0.5) is 13.2 Å². The van der Waals surface area contributed by atoms with E-state index in [-0.39, 0.29) is 11.5 Å². The highest BCUT2D eigenvalue weighted by Crippen LogP contribution is 2.33. The molecule has 0 amide bonds. The molecule has 0 unspecified atom stereocenters. The van der Waals surface area contributed by atoms with Gasteiger partial charge in [-0.25, -0.2) is 4.98 Å². The lowest BCUT2D eigenvalue weighted by Crippen LogP contribution is -2.13. The summed E-state index contributed by atoms with van der Waals surface area (Å²) in [5.74, 6) is -0.167. The molecule has 0 atom stereocenters. The van der Waals surface area contributed by atoms with Crippen LogP contribution in [0.3, 0.4) is 0 Å². The Bertz CT molecular complexity index is 329. The van der Waals surface area contributed by atoms with E-state index in [0.29, 0.717) is 5.69 Å². The SMILES string of the molecule is Cc1ccc(C(C)C)c(C(F)(F)F)n1. The zero-order valence-corrected chi connectivity index (χ0v) is 8.31. The summed E-state index contributed by atoms with van der Waals surface area (Å²) in [4.78, 5) is 3.54. The van der Waals surface area contributed by atoms with Crippen molar-refractivity contribution in [1.82, 2.24) is 4.98 Å². The number of halogens is 3. The molecule has 0 saturated heterocycles. The van der Waals surface area contributed by atoms with Crippen molar-refractivity contribution in [2.24, 2.45) is 0 Å². The summed E-state index contributed by atoms with van der Waals surface area (Å²) in [5, 5.41) is 0. The van der Waals surface area contributed by atoms with Crippen molar-refractivity contribution >= 4 is 0 Å². The molecule has 1 heterocycles. The Balaban J connectivity index is 3.30. The van der Waals surface area contributed by atoms with Gasteiger partial charge in [0.1, 0.15) is 5.69 Å². The van der Waals surface area contributed by atoms with Gasteiger partial charge >= 0.3 is 6.18 Å². The minimum Gasteiger partial charge on any atom is -0.248 e. The number of rotatable bonds is 1. The summed E-state index contributed by atoms with van der Waals surface area (Å²) in [5.41, 5.74) is -0.114. The summed E-state index contributed by atoms with van der Waals surface area (Å²) in [6.07, 6.45) is -4.36. The molecule has 0 fully saturated rings. The molecule has 0 aliphatic rings. The summed E-state index contributed by atoms with van der Waals surface area (Å²) in [6.45, 7) is 5.00. The number of aromatic nitrogens is 1. The Hall–Kier alpha value is -1.06. The zero-order valence-electron chi connectivity index (χ0n) is 8.31. The van der Waals surface area contributed by atoms with Gasteiger partial charge in [0.15, 0.2) is 0 Å². The molecule has 14 heavy (non-hydrogen) atoms. The molecule has 1 aromatic rings. The fourth-order valence-electron chi connectivity index (χ4n) is 1.26. The Morgan fingerprint density at radius 2 is 1.79 bits per heavy atom. The van der Waals surface area contributed by atoms with Gasteiger partial charge in [0.05, 0.1) is 0 Å². The van der Waals surface area contributed by atoms with E-state index in [1.807, 2.05) is 0 Å².